The van der Waals surface area contributed by atoms with E-state index >= 15 is 0 Å². The first-order valence-corrected chi connectivity index (χ1v) is 4.71. The van der Waals surface area contributed by atoms with Gasteiger partial charge in [-0.3, -0.25) is 9.36 Å². The molecular formula is C8H9BrN4. The van der Waals surface area contributed by atoms with Crippen LogP contribution in [0, 0.1) is 0 Å². The molecule has 0 fully saturated rings. The summed E-state index contributed by atoms with van der Waals surface area (Å²) in [6.45, 7) is 0.715. The van der Waals surface area contributed by atoms with Gasteiger partial charge in [-0.2, -0.15) is 10.2 Å². The van der Waals surface area contributed by atoms with Crippen LogP contribution in [0.1, 0.15) is 5.69 Å². The highest BCUT2D eigenvalue weighted by Crippen LogP contribution is 2.05. The van der Waals surface area contributed by atoms with Gasteiger partial charge in [-0.1, -0.05) is 0 Å². The molecule has 0 atom stereocenters. The minimum Gasteiger partial charge on any atom is -0.275 e. The molecule has 0 bridgehead atoms. The normalized spacial score (nSPS) is 10.6. The van der Waals surface area contributed by atoms with Crippen molar-refractivity contribution < 1.29 is 0 Å². The SMILES string of the molecule is Cn1ccc(Cn2ccc(Br)n2)n1. The Kier molecular flexibility index (Phi) is 2.18. The molecule has 2 heterocycles. The molecule has 4 nitrogen and oxygen atoms in total. The number of aromatic nitrogens is 4. The van der Waals surface area contributed by atoms with Gasteiger partial charge in [0, 0.05) is 19.4 Å². The molecule has 2 aromatic heterocycles. The third kappa shape index (κ3) is 1.98. The maximum Gasteiger partial charge on any atom is 0.128 e. The molecular weight excluding hydrogens is 232 g/mol. The van der Waals surface area contributed by atoms with Gasteiger partial charge < -0.3 is 0 Å². The lowest BCUT2D eigenvalue weighted by atomic mass is 10.4. The van der Waals surface area contributed by atoms with Gasteiger partial charge in [-0.25, -0.2) is 0 Å². The summed E-state index contributed by atoms with van der Waals surface area (Å²) in [5, 5.41) is 8.46. The molecule has 0 N–H and O–H groups in total. The van der Waals surface area contributed by atoms with E-state index < -0.39 is 0 Å². The topological polar surface area (TPSA) is 35.6 Å². The van der Waals surface area contributed by atoms with Gasteiger partial charge in [-0.15, -0.1) is 0 Å². The second-order valence-corrected chi connectivity index (χ2v) is 3.63. The molecule has 0 aliphatic carbocycles. The molecule has 2 aromatic rings. The van der Waals surface area contributed by atoms with Crippen molar-refractivity contribution in [1.29, 1.82) is 0 Å². The molecule has 0 aliphatic rings. The zero-order chi connectivity index (χ0) is 9.26. The average Bonchev–Trinajstić information content (AvgIpc) is 2.62. The Labute approximate surface area is 84.3 Å². The van der Waals surface area contributed by atoms with E-state index in [1.807, 2.05) is 36.3 Å². The first-order valence-electron chi connectivity index (χ1n) is 3.91. The van der Waals surface area contributed by atoms with Crippen LogP contribution in [-0.4, -0.2) is 19.6 Å². The fourth-order valence-corrected chi connectivity index (χ4v) is 1.46. The predicted molar refractivity (Wildman–Crippen MR) is 52.2 cm³/mol. The minimum atomic E-state index is 0.715. The Balaban J connectivity index is 2.14. The number of halogens is 1. The molecule has 0 amide bonds. The molecule has 0 saturated heterocycles. The van der Waals surface area contributed by atoms with Crippen molar-refractivity contribution in [2.45, 2.75) is 6.54 Å². The molecule has 0 saturated carbocycles. The van der Waals surface area contributed by atoms with E-state index in [0.717, 1.165) is 10.3 Å². The fourth-order valence-electron chi connectivity index (χ4n) is 1.14. The largest absolute Gasteiger partial charge is 0.275 e. The lowest BCUT2D eigenvalue weighted by molar-refractivity contribution is 0.647. The van der Waals surface area contributed by atoms with Gasteiger partial charge in [0.05, 0.1) is 12.2 Å². The van der Waals surface area contributed by atoms with Crippen molar-refractivity contribution in [3.63, 3.8) is 0 Å². The van der Waals surface area contributed by atoms with Crippen molar-refractivity contribution in [2.24, 2.45) is 7.05 Å². The smallest absolute Gasteiger partial charge is 0.128 e. The Bertz CT molecular complexity index is 365. The van der Waals surface area contributed by atoms with Crippen molar-refractivity contribution in [2.75, 3.05) is 0 Å². The average molecular weight is 241 g/mol. The van der Waals surface area contributed by atoms with Crippen LogP contribution in [0.4, 0.5) is 0 Å². The number of hydrogen-bond acceptors (Lipinski definition) is 2. The van der Waals surface area contributed by atoms with Gasteiger partial charge in [0.25, 0.3) is 0 Å². The quantitative estimate of drug-likeness (QED) is 0.797. The van der Waals surface area contributed by atoms with Crippen LogP contribution in [0.5, 0.6) is 0 Å². The third-order valence-corrected chi connectivity index (χ3v) is 2.12. The first kappa shape index (κ1) is 8.50. The van der Waals surface area contributed by atoms with E-state index in [0.29, 0.717) is 6.54 Å². The molecule has 0 radical (unpaired) electrons. The summed E-state index contributed by atoms with van der Waals surface area (Å²) in [5.41, 5.74) is 1.01. The minimum absolute atomic E-state index is 0.715. The summed E-state index contributed by atoms with van der Waals surface area (Å²) < 4.78 is 4.48. The van der Waals surface area contributed by atoms with Crippen molar-refractivity contribution in [3.05, 3.63) is 34.8 Å². The summed E-state index contributed by atoms with van der Waals surface area (Å²) in [6.07, 6.45) is 3.84. The van der Waals surface area contributed by atoms with Crippen LogP contribution in [-0.2, 0) is 13.6 Å². The lowest BCUT2D eigenvalue weighted by Gasteiger charge is -1.95. The Morgan fingerprint density at radius 3 is 2.69 bits per heavy atom. The van der Waals surface area contributed by atoms with Crippen LogP contribution >= 0.6 is 15.9 Å². The van der Waals surface area contributed by atoms with Crippen LogP contribution < -0.4 is 0 Å². The molecule has 13 heavy (non-hydrogen) atoms. The van der Waals surface area contributed by atoms with E-state index in [-0.39, 0.29) is 0 Å². The van der Waals surface area contributed by atoms with Crippen LogP contribution in [0.15, 0.2) is 29.1 Å². The van der Waals surface area contributed by atoms with E-state index in [2.05, 4.69) is 26.1 Å². The summed E-state index contributed by atoms with van der Waals surface area (Å²) >= 11 is 3.29. The Hall–Kier alpha value is -1.10. The molecule has 0 aliphatic heterocycles. The van der Waals surface area contributed by atoms with E-state index in [1.54, 1.807) is 4.68 Å². The van der Waals surface area contributed by atoms with E-state index in [1.165, 1.54) is 0 Å². The van der Waals surface area contributed by atoms with Crippen LogP contribution in [0.3, 0.4) is 0 Å². The first-order chi connectivity index (χ1) is 6.24. The van der Waals surface area contributed by atoms with Gasteiger partial charge in [-0.05, 0) is 28.1 Å². The van der Waals surface area contributed by atoms with Crippen molar-refractivity contribution in [1.82, 2.24) is 19.6 Å². The molecule has 68 valence electrons. The summed E-state index contributed by atoms with van der Waals surface area (Å²) in [6, 6.07) is 3.89. The highest BCUT2D eigenvalue weighted by Gasteiger charge is 1.99. The monoisotopic (exact) mass is 240 g/mol. The van der Waals surface area contributed by atoms with Crippen LogP contribution in [0.2, 0.25) is 0 Å². The van der Waals surface area contributed by atoms with E-state index in [4.69, 9.17) is 0 Å². The molecule has 0 aromatic carbocycles. The molecule has 5 heteroatoms. The summed E-state index contributed by atoms with van der Waals surface area (Å²) in [7, 11) is 1.91. The Morgan fingerprint density at radius 1 is 1.31 bits per heavy atom. The van der Waals surface area contributed by atoms with Gasteiger partial charge in [0.1, 0.15) is 4.60 Å². The number of rotatable bonds is 2. The maximum absolute atomic E-state index is 4.26. The number of nitrogens with zero attached hydrogens (tertiary/aromatic N) is 4. The Morgan fingerprint density at radius 2 is 2.15 bits per heavy atom. The van der Waals surface area contributed by atoms with Crippen LogP contribution in [0.25, 0.3) is 0 Å². The van der Waals surface area contributed by atoms with Gasteiger partial charge >= 0.3 is 0 Å². The molecule has 2 rings (SSSR count). The number of hydrogen-bond donors (Lipinski definition) is 0. The second kappa shape index (κ2) is 3.33. The maximum atomic E-state index is 4.26. The predicted octanol–water partition coefficient (Wildman–Crippen LogP) is 1.43. The highest BCUT2D eigenvalue weighted by molar-refractivity contribution is 9.10. The zero-order valence-corrected chi connectivity index (χ0v) is 8.77. The molecule has 0 unspecified atom stereocenters. The third-order valence-electron chi connectivity index (χ3n) is 1.70. The second-order valence-electron chi connectivity index (χ2n) is 2.82. The summed E-state index contributed by atoms with van der Waals surface area (Å²) in [5.74, 6) is 0. The van der Waals surface area contributed by atoms with E-state index in [9.17, 15) is 0 Å². The van der Waals surface area contributed by atoms with Gasteiger partial charge in [0.15, 0.2) is 0 Å². The summed E-state index contributed by atoms with van der Waals surface area (Å²) in [4.78, 5) is 0. The van der Waals surface area contributed by atoms with Crippen molar-refractivity contribution >= 4 is 15.9 Å². The van der Waals surface area contributed by atoms with Crippen molar-refractivity contribution in [3.8, 4) is 0 Å². The molecule has 0 spiro atoms. The van der Waals surface area contributed by atoms with Gasteiger partial charge in [0.2, 0.25) is 0 Å². The highest BCUT2D eigenvalue weighted by atomic mass is 79.9. The zero-order valence-electron chi connectivity index (χ0n) is 7.18. The lowest BCUT2D eigenvalue weighted by Crippen LogP contribution is -2.01. The number of aryl methyl sites for hydroxylation is 1. The standard InChI is InChI=1S/C8H9BrN4/c1-12-4-2-7(10-12)6-13-5-3-8(9)11-13/h2-5H,6H2,1H3. The fraction of sp³-hybridized carbons (Fsp3) is 0.250.